The summed E-state index contributed by atoms with van der Waals surface area (Å²) in [5.41, 5.74) is 2.25. The molecule has 0 spiro atoms. The molecule has 188 valence electrons. The van der Waals surface area contributed by atoms with Gasteiger partial charge in [0.25, 0.3) is 15.6 Å². The Labute approximate surface area is 212 Å². The molecule has 0 aliphatic carbocycles. The molecule has 0 fully saturated rings. The van der Waals surface area contributed by atoms with Gasteiger partial charge in [-0.25, -0.2) is 18.4 Å². The lowest BCUT2D eigenvalue weighted by molar-refractivity contribution is -0.124. The number of anilines is 1. The number of thiophene rings is 1. The lowest BCUT2D eigenvalue weighted by Crippen LogP contribution is -2.32. The van der Waals surface area contributed by atoms with E-state index in [-0.39, 0.29) is 33.8 Å². The maximum absolute atomic E-state index is 13.1. The molecule has 1 aromatic carbocycles. The zero-order valence-corrected chi connectivity index (χ0v) is 21.7. The number of amides is 1. The Hall–Kier alpha value is -3.77. The highest BCUT2D eigenvalue weighted by Gasteiger charge is 2.21. The molecular weight excluding hydrogens is 502 g/mol. The molecule has 3 heterocycles. The largest absolute Gasteiger partial charge is 0.480 e. The van der Waals surface area contributed by atoms with E-state index in [4.69, 9.17) is 4.74 Å². The molecular formula is C24H25N5O5S2. The number of hydrogen-bond donors (Lipinski definition) is 2. The van der Waals surface area contributed by atoms with Crippen LogP contribution in [0.1, 0.15) is 12.5 Å². The second-order valence-electron chi connectivity index (χ2n) is 8.23. The predicted molar refractivity (Wildman–Crippen MR) is 139 cm³/mol. The van der Waals surface area contributed by atoms with E-state index in [1.54, 1.807) is 56.6 Å². The molecule has 1 atom stereocenters. The first kappa shape index (κ1) is 25.3. The number of fused-ring (bicyclic) bond motifs is 1. The van der Waals surface area contributed by atoms with Crippen molar-refractivity contribution in [1.82, 2.24) is 19.9 Å². The quantitative estimate of drug-likeness (QED) is 0.360. The summed E-state index contributed by atoms with van der Waals surface area (Å²) in [5, 5.41) is 4.65. The molecule has 36 heavy (non-hydrogen) atoms. The number of aromatic nitrogens is 3. The summed E-state index contributed by atoms with van der Waals surface area (Å²) in [6.07, 6.45) is 2.97. The van der Waals surface area contributed by atoms with Crippen LogP contribution in [-0.4, -0.2) is 43.0 Å². The summed E-state index contributed by atoms with van der Waals surface area (Å²) in [4.78, 5) is 33.6. The summed E-state index contributed by atoms with van der Waals surface area (Å²) in [6.45, 7) is 3.64. The average Bonchev–Trinajstić information content (AvgIpc) is 3.31. The molecule has 0 aliphatic rings. The van der Waals surface area contributed by atoms with Crippen molar-refractivity contribution in [3.63, 3.8) is 0 Å². The molecule has 0 radical (unpaired) electrons. The number of rotatable bonds is 8. The van der Waals surface area contributed by atoms with Crippen LogP contribution < -0.4 is 20.3 Å². The Morgan fingerprint density at radius 2 is 1.97 bits per heavy atom. The van der Waals surface area contributed by atoms with Gasteiger partial charge in [-0.1, -0.05) is 13.0 Å². The zero-order chi connectivity index (χ0) is 26.0. The fraction of sp³-hybridized carbons (Fsp3) is 0.250. The van der Waals surface area contributed by atoms with Gasteiger partial charge in [-0.05, 0) is 47.7 Å². The number of carbonyl (C=O) groups is 1. The van der Waals surface area contributed by atoms with Crippen LogP contribution in [0.15, 0.2) is 57.2 Å². The van der Waals surface area contributed by atoms with Gasteiger partial charge < -0.3 is 10.1 Å². The van der Waals surface area contributed by atoms with Crippen LogP contribution in [-0.2, 0) is 21.4 Å². The van der Waals surface area contributed by atoms with Crippen molar-refractivity contribution in [1.29, 1.82) is 0 Å². The van der Waals surface area contributed by atoms with Gasteiger partial charge >= 0.3 is 0 Å². The Morgan fingerprint density at radius 3 is 2.64 bits per heavy atom. The fourth-order valence-corrected chi connectivity index (χ4v) is 6.23. The second kappa shape index (κ2) is 10.1. The highest BCUT2D eigenvalue weighted by Crippen LogP contribution is 2.32. The Balaban J connectivity index is 1.73. The molecule has 10 nitrogen and oxygen atoms in total. The van der Waals surface area contributed by atoms with Crippen molar-refractivity contribution in [2.24, 2.45) is 5.92 Å². The van der Waals surface area contributed by atoms with E-state index >= 15 is 0 Å². The van der Waals surface area contributed by atoms with Gasteiger partial charge in [0.05, 0.1) is 30.3 Å². The molecule has 3 aromatic heterocycles. The van der Waals surface area contributed by atoms with Crippen LogP contribution in [0.5, 0.6) is 5.88 Å². The van der Waals surface area contributed by atoms with Crippen LogP contribution >= 0.6 is 11.3 Å². The van der Waals surface area contributed by atoms with E-state index in [2.05, 4.69) is 20.0 Å². The SMILES string of the molecule is CNC(=O)C(C)Cn1cnc2ccc(-c3cnc(OC)c(NS(=O)(=O)c4sccc4C)c3)cc2c1=O. The molecule has 1 unspecified atom stereocenters. The lowest BCUT2D eigenvalue weighted by atomic mass is 10.0. The first-order valence-electron chi connectivity index (χ1n) is 11.0. The first-order chi connectivity index (χ1) is 17.1. The Morgan fingerprint density at radius 1 is 1.19 bits per heavy atom. The molecule has 0 saturated heterocycles. The second-order valence-corrected chi connectivity index (χ2v) is 11.0. The van der Waals surface area contributed by atoms with E-state index in [1.165, 1.54) is 24.2 Å². The van der Waals surface area contributed by atoms with E-state index in [9.17, 15) is 18.0 Å². The number of nitrogens with zero attached hydrogens (tertiary/aromatic N) is 3. The van der Waals surface area contributed by atoms with Gasteiger partial charge in [-0.2, -0.15) is 0 Å². The maximum Gasteiger partial charge on any atom is 0.271 e. The summed E-state index contributed by atoms with van der Waals surface area (Å²) < 4.78 is 35.3. The third-order valence-corrected chi connectivity index (χ3v) is 8.72. The average molecular weight is 528 g/mol. The normalized spacial score (nSPS) is 12.3. The standard InChI is InChI=1S/C24H25N5O5S2/c1-14-7-8-35-24(14)36(32,33)28-20-10-17(11-26-22(20)34-4)16-5-6-19-18(9-16)23(31)29(13-27-19)12-15(2)21(30)25-3/h5-11,13,15,28H,12H2,1-4H3,(H,25,30). The van der Waals surface area contributed by atoms with Crippen molar-refractivity contribution in [2.45, 2.75) is 24.6 Å². The highest BCUT2D eigenvalue weighted by molar-refractivity contribution is 7.94. The predicted octanol–water partition coefficient (Wildman–Crippen LogP) is 3.02. The van der Waals surface area contributed by atoms with E-state index in [0.29, 0.717) is 27.6 Å². The van der Waals surface area contributed by atoms with Gasteiger partial charge in [0.2, 0.25) is 11.8 Å². The minimum atomic E-state index is -3.85. The van der Waals surface area contributed by atoms with Crippen LogP contribution in [0.4, 0.5) is 5.69 Å². The van der Waals surface area contributed by atoms with Crippen LogP contribution in [0, 0.1) is 12.8 Å². The van der Waals surface area contributed by atoms with Crippen molar-refractivity contribution < 1.29 is 17.9 Å². The van der Waals surface area contributed by atoms with E-state index in [1.807, 2.05) is 0 Å². The summed E-state index contributed by atoms with van der Waals surface area (Å²) in [5.74, 6) is -0.471. The fourth-order valence-electron chi connectivity index (χ4n) is 3.76. The minimum absolute atomic E-state index is 0.115. The Bertz CT molecular complexity index is 1610. The molecule has 0 aliphatic heterocycles. The van der Waals surface area contributed by atoms with Crippen molar-refractivity contribution in [2.75, 3.05) is 18.9 Å². The van der Waals surface area contributed by atoms with E-state index < -0.39 is 15.9 Å². The number of sulfonamides is 1. The molecule has 1 amide bonds. The van der Waals surface area contributed by atoms with Crippen LogP contribution in [0.25, 0.3) is 22.0 Å². The maximum atomic E-state index is 13.1. The van der Waals surface area contributed by atoms with Gasteiger partial charge in [-0.15, -0.1) is 11.3 Å². The summed E-state index contributed by atoms with van der Waals surface area (Å²) in [6, 6.07) is 8.50. The third kappa shape index (κ3) is 4.95. The van der Waals surface area contributed by atoms with Gasteiger partial charge in [0.15, 0.2) is 0 Å². The molecule has 2 N–H and O–H groups in total. The van der Waals surface area contributed by atoms with Gasteiger partial charge in [0.1, 0.15) is 9.90 Å². The number of methoxy groups -OCH3 is 1. The first-order valence-corrected chi connectivity index (χ1v) is 13.3. The van der Waals surface area contributed by atoms with Crippen molar-refractivity contribution >= 4 is 43.9 Å². The number of ether oxygens (including phenoxy) is 1. The van der Waals surface area contributed by atoms with Gasteiger partial charge in [0, 0.05) is 25.4 Å². The van der Waals surface area contributed by atoms with Crippen molar-refractivity contribution in [3.05, 3.63) is 64.2 Å². The molecule has 4 rings (SSSR count). The third-order valence-electron chi connectivity index (χ3n) is 5.67. The minimum Gasteiger partial charge on any atom is -0.480 e. The summed E-state index contributed by atoms with van der Waals surface area (Å²) >= 11 is 1.12. The highest BCUT2D eigenvalue weighted by atomic mass is 32.2. The van der Waals surface area contributed by atoms with Crippen LogP contribution in [0.2, 0.25) is 0 Å². The van der Waals surface area contributed by atoms with Gasteiger partial charge in [-0.3, -0.25) is 18.9 Å². The molecule has 12 heteroatoms. The number of carbonyl (C=O) groups excluding carboxylic acids is 1. The number of benzene rings is 1. The number of pyridine rings is 1. The summed E-state index contributed by atoms with van der Waals surface area (Å²) in [7, 11) is -0.898. The smallest absolute Gasteiger partial charge is 0.271 e. The number of nitrogens with one attached hydrogen (secondary N) is 2. The van der Waals surface area contributed by atoms with Crippen molar-refractivity contribution in [3.8, 4) is 17.0 Å². The van der Waals surface area contributed by atoms with E-state index in [0.717, 1.165) is 11.3 Å². The van der Waals surface area contributed by atoms with Crippen LogP contribution in [0.3, 0.4) is 0 Å². The number of aryl methyl sites for hydroxylation is 1. The molecule has 0 saturated carbocycles. The Kier molecular flexibility index (Phi) is 7.09. The monoisotopic (exact) mass is 527 g/mol. The topological polar surface area (TPSA) is 132 Å². The zero-order valence-electron chi connectivity index (χ0n) is 20.1. The molecule has 4 aromatic rings. The number of hydrogen-bond acceptors (Lipinski definition) is 8. The molecule has 0 bridgehead atoms. The lowest BCUT2D eigenvalue weighted by Gasteiger charge is -2.14.